The van der Waals surface area contributed by atoms with Crippen LogP contribution in [0.1, 0.15) is 0 Å². The number of hydrogen-bond acceptors (Lipinski definition) is 6. The van der Waals surface area contributed by atoms with Crippen LogP contribution in [0.3, 0.4) is 0 Å². The van der Waals surface area contributed by atoms with Crippen molar-refractivity contribution in [3.05, 3.63) is 85.2 Å². The van der Waals surface area contributed by atoms with Gasteiger partial charge in [-0.1, -0.05) is 36.4 Å². The lowest BCUT2D eigenvalue weighted by Crippen LogP contribution is -2.44. The molecule has 0 spiro atoms. The third-order valence-corrected chi connectivity index (χ3v) is 7.24. The standard InChI is InChI=1S/C31H30N6O2/c1-36-16-18-37(19-17-36)28-13-15-32-26-11-10-21(20-25(26)28)34-31(38)35-27-12-14-33-30-23(7-5-8-24(27)30)22-6-3-4-9-29(22)39-2/h3-15,20H,16-19H2,1-2H3,(H2,33,34,35,38). The fourth-order valence-electron chi connectivity index (χ4n) is 5.19. The molecular formula is C31H30N6O2. The predicted molar refractivity (Wildman–Crippen MR) is 158 cm³/mol. The van der Waals surface area contributed by atoms with Crippen LogP contribution in [0.25, 0.3) is 32.9 Å². The number of para-hydroxylation sites is 2. The van der Waals surface area contributed by atoms with Crippen molar-refractivity contribution >= 4 is 44.9 Å². The van der Waals surface area contributed by atoms with Gasteiger partial charge in [0.1, 0.15) is 5.75 Å². The number of pyridine rings is 2. The number of aromatic nitrogens is 2. The number of nitrogens with one attached hydrogen (secondary N) is 2. The summed E-state index contributed by atoms with van der Waals surface area (Å²) >= 11 is 0. The number of likely N-dealkylation sites (N-methyl/N-ethyl adjacent to an activating group) is 1. The van der Waals surface area contributed by atoms with E-state index in [-0.39, 0.29) is 6.03 Å². The predicted octanol–water partition coefficient (Wildman–Crippen LogP) is 5.85. The van der Waals surface area contributed by atoms with Crippen molar-refractivity contribution in [3.8, 4) is 16.9 Å². The highest BCUT2D eigenvalue weighted by Crippen LogP contribution is 2.36. The smallest absolute Gasteiger partial charge is 0.323 e. The average Bonchev–Trinajstić information content (AvgIpc) is 2.97. The first-order valence-corrected chi connectivity index (χ1v) is 13.0. The first kappa shape index (κ1) is 24.6. The summed E-state index contributed by atoms with van der Waals surface area (Å²) in [5, 5.41) is 7.89. The normalized spacial score (nSPS) is 13.9. The topological polar surface area (TPSA) is 82.6 Å². The minimum absolute atomic E-state index is 0.324. The Morgan fingerprint density at radius 2 is 1.62 bits per heavy atom. The monoisotopic (exact) mass is 518 g/mol. The van der Waals surface area contributed by atoms with Crippen LogP contribution in [0.15, 0.2) is 85.2 Å². The lowest BCUT2D eigenvalue weighted by molar-refractivity contribution is 0.262. The molecule has 0 radical (unpaired) electrons. The maximum absolute atomic E-state index is 13.1. The molecule has 0 bridgehead atoms. The highest BCUT2D eigenvalue weighted by Gasteiger charge is 2.17. The summed E-state index contributed by atoms with van der Waals surface area (Å²) in [6.45, 7) is 3.95. The van der Waals surface area contributed by atoms with Crippen molar-refractivity contribution in [2.24, 2.45) is 0 Å². The Hall–Kier alpha value is -4.69. The highest BCUT2D eigenvalue weighted by atomic mass is 16.5. The molecule has 1 fully saturated rings. The van der Waals surface area contributed by atoms with E-state index in [0.717, 1.165) is 70.5 Å². The molecule has 0 saturated carbocycles. The van der Waals surface area contributed by atoms with E-state index < -0.39 is 0 Å². The Morgan fingerprint density at radius 1 is 0.821 bits per heavy atom. The van der Waals surface area contributed by atoms with Crippen LogP contribution in [0, 0.1) is 0 Å². The van der Waals surface area contributed by atoms with Gasteiger partial charge in [-0.2, -0.15) is 0 Å². The number of ether oxygens (including phenoxy) is 1. The van der Waals surface area contributed by atoms with Crippen molar-refractivity contribution in [3.63, 3.8) is 0 Å². The summed E-state index contributed by atoms with van der Waals surface area (Å²) in [5.74, 6) is 0.768. The summed E-state index contributed by atoms with van der Waals surface area (Å²) in [4.78, 5) is 27.0. The minimum Gasteiger partial charge on any atom is -0.496 e. The number of methoxy groups -OCH3 is 1. The summed E-state index contributed by atoms with van der Waals surface area (Å²) in [5.41, 5.74) is 6.09. The van der Waals surface area contributed by atoms with Gasteiger partial charge in [-0.3, -0.25) is 9.97 Å². The first-order valence-electron chi connectivity index (χ1n) is 13.0. The van der Waals surface area contributed by atoms with Gasteiger partial charge in [0.2, 0.25) is 0 Å². The summed E-state index contributed by atoms with van der Waals surface area (Å²) < 4.78 is 5.58. The number of hydrogen-bond donors (Lipinski definition) is 2. The van der Waals surface area contributed by atoms with Gasteiger partial charge in [-0.05, 0) is 43.4 Å². The molecule has 1 saturated heterocycles. The highest BCUT2D eigenvalue weighted by molar-refractivity contribution is 6.09. The van der Waals surface area contributed by atoms with E-state index in [2.05, 4.69) is 43.5 Å². The molecule has 0 unspecified atom stereocenters. The summed E-state index contributed by atoms with van der Waals surface area (Å²) in [6, 6.07) is 23.2. The van der Waals surface area contributed by atoms with Crippen molar-refractivity contribution in [1.29, 1.82) is 0 Å². The maximum Gasteiger partial charge on any atom is 0.323 e. The van der Waals surface area contributed by atoms with Crippen LogP contribution >= 0.6 is 0 Å². The van der Waals surface area contributed by atoms with Gasteiger partial charge in [0.05, 0.1) is 23.8 Å². The van der Waals surface area contributed by atoms with Crippen molar-refractivity contribution in [2.75, 3.05) is 55.9 Å². The molecular weight excluding hydrogens is 488 g/mol. The van der Waals surface area contributed by atoms with Crippen LogP contribution in [0.2, 0.25) is 0 Å². The summed E-state index contributed by atoms with van der Waals surface area (Å²) in [7, 11) is 3.81. The minimum atomic E-state index is -0.324. The molecule has 2 amide bonds. The molecule has 1 aliphatic rings. The van der Waals surface area contributed by atoms with Gasteiger partial charge in [-0.15, -0.1) is 0 Å². The fraction of sp³-hybridized carbons (Fsp3) is 0.194. The van der Waals surface area contributed by atoms with Gasteiger partial charge >= 0.3 is 6.03 Å². The third-order valence-electron chi connectivity index (χ3n) is 7.24. The molecule has 2 aromatic heterocycles. The fourth-order valence-corrected chi connectivity index (χ4v) is 5.19. The third kappa shape index (κ3) is 4.94. The number of nitrogens with zero attached hydrogens (tertiary/aromatic N) is 4. The number of urea groups is 1. The zero-order valence-electron chi connectivity index (χ0n) is 22.0. The van der Waals surface area contributed by atoms with Crippen molar-refractivity contribution < 1.29 is 9.53 Å². The molecule has 39 heavy (non-hydrogen) atoms. The molecule has 196 valence electrons. The number of piperazine rings is 1. The number of carbonyl (C=O) groups excluding carboxylic acids is 1. The number of fused-ring (bicyclic) bond motifs is 2. The van der Waals surface area contributed by atoms with E-state index in [1.807, 2.05) is 72.9 Å². The second-order valence-electron chi connectivity index (χ2n) is 9.69. The van der Waals surface area contributed by atoms with Crippen LogP contribution < -0.4 is 20.3 Å². The molecule has 0 aliphatic carbocycles. The number of carbonyl (C=O) groups is 1. The Balaban J connectivity index is 1.27. The van der Waals surface area contributed by atoms with E-state index in [9.17, 15) is 4.79 Å². The van der Waals surface area contributed by atoms with E-state index in [1.165, 1.54) is 0 Å². The molecule has 5 aromatic rings. The van der Waals surface area contributed by atoms with Crippen molar-refractivity contribution in [2.45, 2.75) is 0 Å². The zero-order chi connectivity index (χ0) is 26.8. The van der Waals surface area contributed by atoms with Crippen LogP contribution in [0.5, 0.6) is 5.75 Å². The zero-order valence-corrected chi connectivity index (χ0v) is 22.0. The van der Waals surface area contributed by atoms with Gasteiger partial charge in [0.25, 0.3) is 0 Å². The molecule has 1 aliphatic heterocycles. The van der Waals surface area contributed by atoms with Gasteiger partial charge in [-0.25, -0.2) is 4.79 Å². The second kappa shape index (κ2) is 10.6. The van der Waals surface area contributed by atoms with Crippen LogP contribution in [-0.4, -0.2) is 61.2 Å². The molecule has 3 aromatic carbocycles. The Bertz CT molecular complexity index is 1660. The van der Waals surface area contributed by atoms with Crippen molar-refractivity contribution in [1.82, 2.24) is 14.9 Å². The molecule has 8 heteroatoms. The Labute approximate surface area is 227 Å². The second-order valence-corrected chi connectivity index (χ2v) is 9.69. The summed E-state index contributed by atoms with van der Waals surface area (Å²) in [6.07, 6.45) is 3.56. The molecule has 2 N–H and O–H groups in total. The van der Waals surface area contributed by atoms with E-state index in [4.69, 9.17) is 4.74 Å². The number of rotatable bonds is 5. The van der Waals surface area contributed by atoms with Crippen LogP contribution in [0.4, 0.5) is 21.9 Å². The largest absolute Gasteiger partial charge is 0.496 e. The lowest BCUT2D eigenvalue weighted by Gasteiger charge is -2.34. The molecule has 0 atom stereocenters. The Morgan fingerprint density at radius 3 is 2.46 bits per heavy atom. The number of amides is 2. The van der Waals surface area contributed by atoms with Gasteiger partial charge < -0.3 is 25.2 Å². The SMILES string of the molecule is COc1ccccc1-c1cccc2c(NC(=O)Nc3ccc4nccc(N5CCN(C)CC5)c4c3)ccnc12. The quantitative estimate of drug-likeness (QED) is 0.304. The van der Waals surface area contributed by atoms with Gasteiger partial charge in [0.15, 0.2) is 0 Å². The maximum atomic E-state index is 13.1. The number of anilines is 3. The molecule has 3 heterocycles. The molecule has 8 nitrogen and oxygen atoms in total. The van der Waals surface area contributed by atoms with Gasteiger partial charge in [0, 0.05) is 71.8 Å². The average molecular weight is 519 g/mol. The molecule has 6 rings (SSSR count). The van der Waals surface area contributed by atoms with E-state index in [0.29, 0.717) is 11.4 Å². The first-order chi connectivity index (χ1) is 19.1. The number of benzene rings is 3. The van der Waals surface area contributed by atoms with Crippen LogP contribution in [-0.2, 0) is 0 Å². The lowest BCUT2D eigenvalue weighted by atomic mass is 10.0. The van der Waals surface area contributed by atoms with E-state index in [1.54, 1.807) is 13.3 Å². The Kier molecular flexibility index (Phi) is 6.69. The van der Waals surface area contributed by atoms with E-state index >= 15 is 0 Å².